The topological polar surface area (TPSA) is 44.1 Å². The SMILES string of the molecule is CCOC(=O)n1ncc2c(Cl)cccc21. The van der Waals surface area contributed by atoms with Gasteiger partial charge in [-0.25, -0.2) is 4.79 Å². The average molecular weight is 225 g/mol. The number of benzene rings is 1. The molecule has 5 heteroatoms. The minimum Gasteiger partial charge on any atom is -0.448 e. The average Bonchev–Trinajstić information content (AvgIpc) is 2.63. The summed E-state index contributed by atoms with van der Waals surface area (Å²) in [5.41, 5.74) is 0.654. The fraction of sp³-hybridized carbons (Fsp3) is 0.200. The third kappa shape index (κ3) is 1.68. The van der Waals surface area contributed by atoms with Crippen LogP contribution in [0.3, 0.4) is 0 Å². The monoisotopic (exact) mass is 224 g/mol. The van der Waals surface area contributed by atoms with Gasteiger partial charge in [-0.2, -0.15) is 9.78 Å². The molecule has 0 saturated heterocycles. The van der Waals surface area contributed by atoms with E-state index >= 15 is 0 Å². The summed E-state index contributed by atoms with van der Waals surface area (Å²) >= 11 is 5.95. The van der Waals surface area contributed by atoms with Crippen LogP contribution in [0.2, 0.25) is 5.02 Å². The molecule has 0 saturated carbocycles. The van der Waals surface area contributed by atoms with Gasteiger partial charge in [-0.1, -0.05) is 17.7 Å². The van der Waals surface area contributed by atoms with E-state index in [0.717, 1.165) is 5.39 Å². The quantitative estimate of drug-likeness (QED) is 0.748. The second-order valence-corrected chi connectivity index (χ2v) is 3.34. The van der Waals surface area contributed by atoms with Crippen LogP contribution in [0.5, 0.6) is 0 Å². The van der Waals surface area contributed by atoms with E-state index in [1.165, 1.54) is 4.68 Å². The van der Waals surface area contributed by atoms with E-state index in [9.17, 15) is 4.79 Å². The van der Waals surface area contributed by atoms with Gasteiger partial charge in [0.05, 0.1) is 23.3 Å². The minimum absolute atomic E-state index is 0.320. The smallest absolute Gasteiger partial charge is 0.435 e. The Balaban J connectivity index is 2.54. The van der Waals surface area contributed by atoms with E-state index in [4.69, 9.17) is 16.3 Å². The molecule has 0 spiro atoms. The Bertz CT molecular complexity index is 507. The number of hydrogen-bond acceptors (Lipinski definition) is 3. The zero-order valence-electron chi connectivity index (χ0n) is 8.11. The van der Waals surface area contributed by atoms with Gasteiger partial charge in [-0.15, -0.1) is 0 Å². The van der Waals surface area contributed by atoms with Crippen LogP contribution >= 0.6 is 11.6 Å². The lowest BCUT2D eigenvalue weighted by Crippen LogP contribution is -2.14. The van der Waals surface area contributed by atoms with Crippen molar-refractivity contribution in [2.45, 2.75) is 6.92 Å². The molecule has 1 aromatic heterocycles. The number of halogens is 1. The van der Waals surface area contributed by atoms with Gasteiger partial charge in [0, 0.05) is 5.39 Å². The molecule has 2 rings (SSSR count). The van der Waals surface area contributed by atoms with Crippen LogP contribution in [-0.2, 0) is 4.74 Å². The molecule has 0 unspecified atom stereocenters. The van der Waals surface area contributed by atoms with Crippen molar-refractivity contribution in [1.29, 1.82) is 0 Å². The van der Waals surface area contributed by atoms with Crippen LogP contribution in [0.15, 0.2) is 24.4 Å². The Hall–Kier alpha value is -1.55. The predicted molar refractivity (Wildman–Crippen MR) is 57.2 cm³/mol. The molecule has 2 aromatic rings. The Morgan fingerprint density at radius 1 is 1.60 bits per heavy atom. The van der Waals surface area contributed by atoms with Crippen LogP contribution in [0.25, 0.3) is 10.9 Å². The normalized spacial score (nSPS) is 10.5. The first kappa shape index (κ1) is 9.98. The molecule has 0 N–H and O–H groups in total. The maximum atomic E-state index is 11.5. The van der Waals surface area contributed by atoms with E-state index in [1.54, 1.807) is 31.3 Å². The van der Waals surface area contributed by atoms with Gasteiger partial charge in [0.2, 0.25) is 0 Å². The van der Waals surface area contributed by atoms with Crippen molar-refractivity contribution in [3.63, 3.8) is 0 Å². The van der Waals surface area contributed by atoms with Gasteiger partial charge in [0.1, 0.15) is 0 Å². The van der Waals surface area contributed by atoms with Crippen molar-refractivity contribution in [3.8, 4) is 0 Å². The summed E-state index contributed by atoms with van der Waals surface area (Å²) in [4.78, 5) is 11.5. The van der Waals surface area contributed by atoms with Gasteiger partial charge in [-0.3, -0.25) is 0 Å². The first-order chi connectivity index (χ1) is 7.24. The zero-order valence-corrected chi connectivity index (χ0v) is 8.86. The highest BCUT2D eigenvalue weighted by Gasteiger charge is 2.12. The highest BCUT2D eigenvalue weighted by molar-refractivity contribution is 6.35. The minimum atomic E-state index is -0.491. The van der Waals surface area contributed by atoms with Gasteiger partial charge < -0.3 is 4.74 Å². The number of nitrogens with zero attached hydrogens (tertiary/aromatic N) is 2. The fourth-order valence-corrected chi connectivity index (χ4v) is 1.56. The zero-order chi connectivity index (χ0) is 10.8. The molecule has 0 aliphatic rings. The molecule has 0 atom stereocenters. The molecule has 0 radical (unpaired) electrons. The number of carbonyl (C=O) groups excluding carboxylic acids is 1. The highest BCUT2D eigenvalue weighted by atomic mass is 35.5. The summed E-state index contributed by atoms with van der Waals surface area (Å²) in [6.45, 7) is 2.07. The lowest BCUT2D eigenvalue weighted by molar-refractivity contribution is 0.151. The summed E-state index contributed by atoms with van der Waals surface area (Å²) in [6.07, 6.45) is 1.06. The molecule has 15 heavy (non-hydrogen) atoms. The van der Waals surface area contributed by atoms with Crippen LogP contribution in [0.4, 0.5) is 4.79 Å². The Morgan fingerprint density at radius 3 is 3.13 bits per heavy atom. The number of hydrogen-bond donors (Lipinski definition) is 0. The Kier molecular flexibility index (Phi) is 2.60. The lowest BCUT2D eigenvalue weighted by atomic mass is 10.2. The molecule has 0 aliphatic heterocycles. The summed E-state index contributed by atoms with van der Waals surface area (Å²) in [5, 5.41) is 5.25. The molecule has 78 valence electrons. The van der Waals surface area contributed by atoms with Gasteiger partial charge in [-0.05, 0) is 19.1 Å². The Morgan fingerprint density at radius 2 is 2.40 bits per heavy atom. The number of fused-ring (bicyclic) bond motifs is 1. The van der Waals surface area contributed by atoms with Gasteiger partial charge in [0.15, 0.2) is 0 Å². The third-order valence-corrected chi connectivity index (χ3v) is 2.33. The van der Waals surface area contributed by atoms with Crippen molar-refractivity contribution in [2.24, 2.45) is 0 Å². The van der Waals surface area contributed by atoms with E-state index in [-0.39, 0.29) is 0 Å². The number of ether oxygens (including phenoxy) is 1. The second kappa shape index (κ2) is 3.90. The van der Waals surface area contributed by atoms with Crippen molar-refractivity contribution in [2.75, 3.05) is 6.61 Å². The third-order valence-electron chi connectivity index (χ3n) is 2.00. The standard InChI is InChI=1S/C10H9ClN2O2/c1-2-15-10(14)13-9-5-3-4-8(11)7(9)6-12-13/h3-6H,2H2,1H3. The van der Waals surface area contributed by atoms with Crippen molar-refractivity contribution in [1.82, 2.24) is 9.78 Å². The van der Waals surface area contributed by atoms with Crippen molar-refractivity contribution >= 4 is 28.6 Å². The summed E-state index contributed by atoms with van der Waals surface area (Å²) in [7, 11) is 0. The summed E-state index contributed by atoms with van der Waals surface area (Å²) in [6, 6.07) is 5.29. The Labute approximate surface area is 91.4 Å². The van der Waals surface area contributed by atoms with E-state index < -0.39 is 6.09 Å². The van der Waals surface area contributed by atoms with Crippen LogP contribution in [-0.4, -0.2) is 22.5 Å². The van der Waals surface area contributed by atoms with Crippen molar-refractivity contribution < 1.29 is 9.53 Å². The molecular weight excluding hydrogens is 216 g/mol. The predicted octanol–water partition coefficient (Wildman–Crippen LogP) is 2.69. The van der Waals surface area contributed by atoms with E-state index in [0.29, 0.717) is 17.1 Å². The molecule has 0 bridgehead atoms. The summed E-state index contributed by atoms with van der Waals surface area (Å²) < 4.78 is 6.05. The van der Waals surface area contributed by atoms with Gasteiger partial charge in [0.25, 0.3) is 0 Å². The second-order valence-electron chi connectivity index (χ2n) is 2.93. The molecule has 4 nitrogen and oxygen atoms in total. The fourth-order valence-electron chi connectivity index (χ4n) is 1.35. The van der Waals surface area contributed by atoms with Crippen LogP contribution in [0, 0.1) is 0 Å². The lowest BCUT2D eigenvalue weighted by Gasteiger charge is -2.01. The molecule has 1 aromatic carbocycles. The summed E-state index contributed by atoms with van der Waals surface area (Å²) in [5.74, 6) is 0. The van der Waals surface area contributed by atoms with E-state index in [1.807, 2.05) is 0 Å². The molecule has 0 fully saturated rings. The van der Waals surface area contributed by atoms with Gasteiger partial charge >= 0.3 is 6.09 Å². The maximum absolute atomic E-state index is 11.5. The van der Waals surface area contributed by atoms with Crippen molar-refractivity contribution in [3.05, 3.63) is 29.4 Å². The number of aromatic nitrogens is 2. The molecule has 1 heterocycles. The highest BCUT2D eigenvalue weighted by Crippen LogP contribution is 2.22. The maximum Gasteiger partial charge on any atom is 0.435 e. The molecular formula is C10H9ClN2O2. The number of rotatable bonds is 1. The molecule has 0 amide bonds. The van der Waals surface area contributed by atoms with Crippen LogP contribution < -0.4 is 0 Å². The first-order valence-corrected chi connectivity index (χ1v) is 4.91. The number of carbonyl (C=O) groups is 1. The van der Waals surface area contributed by atoms with E-state index in [2.05, 4.69) is 5.10 Å². The molecule has 0 aliphatic carbocycles. The largest absolute Gasteiger partial charge is 0.448 e. The van der Waals surface area contributed by atoms with Crippen LogP contribution in [0.1, 0.15) is 6.92 Å². The first-order valence-electron chi connectivity index (χ1n) is 4.53.